The van der Waals surface area contributed by atoms with Crippen LogP contribution in [-0.2, 0) is 6.54 Å². The molecule has 0 radical (unpaired) electrons. The summed E-state index contributed by atoms with van der Waals surface area (Å²) in [7, 11) is 0. The number of nitrogens with one attached hydrogen (secondary N) is 1. The highest BCUT2D eigenvalue weighted by atomic mass is 35.5. The standard InChI is InChI=1S/C14H15Cl2NO2/c1-9(18)7-17-8-11-3-5-14(19-11)12-4-2-10(15)6-13(12)16/h2-6,9,17-18H,7-8H2,1H3/t9-/m0/s1. The highest BCUT2D eigenvalue weighted by Crippen LogP contribution is 2.31. The van der Waals surface area contributed by atoms with Gasteiger partial charge in [0.2, 0.25) is 0 Å². The van der Waals surface area contributed by atoms with E-state index in [1.54, 1.807) is 19.1 Å². The molecule has 0 aliphatic heterocycles. The van der Waals surface area contributed by atoms with E-state index >= 15 is 0 Å². The van der Waals surface area contributed by atoms with Gasteiger partial charge in [0.05, 0.1) is 17.7 Å². The van der Waals surface area contributed by atoms with Crippen LogP contribution >= 0.6 is 23.2 Å². The number of aliphatic hydroxyl groups excluding tert-OH is 1. The number of hydrogen-bond acceptors (Lipinski definition) is 3. The molecule has 0 bridgehead atoms. The first-order valence-corrected chi connectivity index (χ1v) is 6.75. The summed E-state index contributed by atoms with van der Waals surface area (Å²) < 4.78 is 5.70. The molecule has 1 aromatic carbocycles. The fourth-order valence-corrected chi connectivity index (χ4v) is 2.21. The van der Waals surface area contributed by atoms with Crippen molar-refractivity contribution >= 4 is 23.2 Å². The fourth-order valence-electron chi connectivity index (χ4n) is 1.71. The van der Waals surface area contributed by atoms with Gasteiger partial charge in [0.1, 0.15) is 11.5 Å². The molecule has 3 nitrogen and oxygen atoms in total. The summed E-state index contributed by atoms with van der Waals surface area (Å²) in [5.74, 6) is 1.50. The minimum atomic E-state index is -0.375. The van der Waals surface area contributed by atoms with Crippen molar-refractivity contribution < 1.29 is 9.52 Å². The van der Waals surface area contributed by atoms with Gasteiger partial charge in [0.25, 0.3) is 0 Å². The Morgan fingerprint density at radius 3 is 2.74 bits per heavy atom. The van der Waals surface area contributed by atoms with E-state index in [9.17, 15) is 0 Å². The van der Waals surface area contributed by atoms with Crippen molar-refractivity contribution in [2.24, 2.45) is 0 Å². The summed E-state index contributed by atoms with van der Waals surface area (Å²) in [6.07, 6.45) is -0.375. The van der Waals surface area contributed by atoms with Crippen LogP contribution in [0, 0.1) is 0 Å². The van der Waals surface area contributed by atoms with Crippen molar-refractivity contribution in [3.05, 3.63) is 46.1 Å². The Bertz CT molecular complexity index is 552. The second-order valence-electron chi connectivity index (χ2n) is 4.37. The van der Waals surface area contributed by atoms with Crippen LogP contribution in [0.1, 0.15) is 12.7 Å². The second-order valence-corrected chi connectivity index (χ2v) is 5.21. The summed E-state index contributed by atoms with van der Waals surface area (Å²) in [5.41, 5.74) is 0.813. The Morgan fingerprint density at radius 2 is 2.05 bits per heavy atom. The molecule has 0 aliphatic carbocycles. The minimum Gasteiger partial charge on any atom is -0.460 e. The molecule has 0 fully saturated rings. The lowest BCUT2D eigenvalue weighted by atomic mass is 10.2. The summed E-state index contributed by atoms with van der Waals surface area (Å²) in [6, 6.07) is 9.04. The predicted octanol–water partition coefficient (Wildman–Crippen LogP) is 3.72. The normalized spacial score (nSPS) is 12.6. The Hall–Kier alpha value is -1.00. The third-order valence-electron chi connectivity index (χ3n) is 2.60. The number of halogens is 2. The van der Waals surface area contributed by atoms with Crippen LogP contribution in [0.5, 0.6) is 0 Å². The van der Waals surface area contributed by atoms with Gasteiger partial charge in [0.15, 0.2) is 0 Å². The molecule has 0 spiro atoms. The first kappa shape index (κ1) is 14.4. The second kappa shape index (κ2) is 6.44. The van der Waals surface area contributed by atoms with Gasteiger partial charge >= 0.3 is 0 Å². The number of furan rings is 1. The zero-order valence-electron chi connectivity index (χ0n) is 10.5. The molecule has 2 aromatic rings. The Balaban J connectivity index is 2.08. The molecule has 0 aliphatic rings. The molecular formula is C14H15Cl2NO2. The Morgan fingerprint density at radius 1 is 1.26 bits per heavy atom. The summed E-state index contributed by atoms with van der Waals surface area (Å²) in [6.45, 7) is 2.82. The van der Waals surface area contributed by atoms with Gasteiger partial charge < -0.3 is 14.8 Å². The first-order chi connectivity index (χ1) is 9.06. The molecule has 2 N–H and O–H groups in total. The molecule has 19 heavy (non-hydrogen) atoms. The van der Waals surface area contributed by atoms with Crippen LogP contribution in [0.25, 0.3) is 11.3 Å². The maximum atomic E-state index is 9.15. The highest BCUT2D eigenvalue weighted by Gasteiger charge is 2.09. The summed E-state index contributed by atoms with van der Waals surface area (Å²) >= 11 is 12.0. The smallest absolute Gasteiger partial charge is 0.135 e. The lowest BCUT2D eigenvalue weighted by molar-refractivity contribution is 0.190. The van der Waals surface area contributed by atoms with Crippen molar-refractivity contribution in [1.82, 2.24) is 5.32 Å². The molecule has 102 valence electrons. The zero-order chi connectivity index (χ0) is 13.8. The van der Waals surface area contributed by atoms with E-state index in [4.69, 9.17) is 32.7 Å². The van der Waals surface area contributed by atoms with Gasteiger partial charge in [-0.25, -0.2) is 0 Å². The maximum Gasteiger partial charge on any atom is 0.135 e. The van der Waals surface area contributed by atoms with E-state index in [-0.39, 0.29) is 6.10 Å². The lowest BCUT2D eigenvalue weighted by Crippen LogP contribution is -2.23. The molecule has 1 heterocycles. The monoisotopic (exact) mass is 299 g/mol. The van der Waals surface area contributed by atoms with Crippen molar-refractivity contribution in [2.75, 3.05) is 6.54 Å². The van der Waals surface area contributed by atoms with Crippen molar-refractivity contribution in [3.63, 3.8) is 0 Å². The number of rotatable bonds is 5. The zero-order valence-corrected chi connectivity index (χ0v) is 12.0. The average Bonchev–Trinajstić information content (AvgIpc) is 2.77. The van der Waals surface area contributed by atoms with E-state index in [1.807, 2.05) is 18.2 Å². The van der Waals surface area contributed by atoms with E-state index in [2.05, 4.69) is 5.32 Å². The van der Waals surface area contributed by atoms with Crippen LogP contribution in [-0.4, -0.2) is 17.8 Å². The molecule has 1 aromatic heterocycles. The van der Waals surface area contributed by atoms with Gasteiger partial charge in [0, 0.05) is 17.1 Å². The number of hydrogen-bond donors (Lipinski definition) is 2. The van der Waals surface area contributed by atoms with Gasteiger partial charge in [-0.3, -0.25) is 0 Å². The SMILES string of the molecule is C[C@H](O)CNCc1ccc(-c2ccc(Cl)cc2Cl)o1. The van der Waals surface area contributed by atoms with Crippen molar-refractivity contribution in [2.45, 2.75) is 19.6 Å². The first-order valence-electron chi connectivity index (χ1n) is 5.99. The van der Waals surface area contributed by atoms with Crippen molar-refractivity contribution in [3.8, 4) is 11.3 Å². The van der Waals surface area contributed by atoms with Gasteiger partial charge in [-0.1, -0.05) is 23.2 Å². The average molecular weight is 300 g/mol. The number of benzene rings is 1. The fraction of sp³-hybridized carbons (Fsp3) is 0.286. The molecule has 1 atom stereocenters. The molecule has 2 rings (SSSR count). The van der Waals surface area contributed by atoms with E-state index in [0.29, 0.717) is 28.9 Å². The quantitative estimate of drug-likeness (QED) is 0.884. The van der Waals surface area contributed by atoms with Crippen LogP contribution in [0.15, 0.2) is 34.7 Å². The summed E-state index contributed by atoms with van der Waals surface area (Å²) in [4.78, 5) is 0. The maximum absolute atomic E-state index is 9.15. The molecule has 5 heteroatoms. The minimum absolute atomic E-state index is 0.375. The molecule has 0 amide bonds. The predicted molar refractivity (Wildman–Crippen MR) is 77.6 cm³/mol. The summed E-state index contributed by atoms with van der Waals surface area (Å²) in [5, 5.41) is 13.4. The molecular weight excluding hydrogens is 285 g/mol. The van der Waals surface area contributed by atoms with E-state index < -0.39 is 0 Å². The molecule has 0 unspecified atom stereocenters. The third kappa shape index (κ3) is 3.98. The van der Waals surface area contributed by atoms with E-state index in [1.165, 1.54) is 0 Å². The largest absolute Gasteiger partial charge is 0.460 e. The molecule has 0 saturated carbocycles. The number of aliphatic hydroxyl groups is 1. The van der Waals surface area contributed by atoms with Crippen LogP contribution < -0.4 is 5.32 Å². The van der Waals surface area contributed by atoms with Crippen molar-refractivity contribution in [1.29, 1.82) is 0 Å². The van der Waals surface area contributed by atoms with Crippen LogP contribution in [0.4, 0.5) is 0 Å². The third-order valence-corrected chi connectivity index (χ3v) is 3.15. The van der Waals surface area contributed by atoms with Crippen LogP contribution in [0.3, 0.4) is 0 Å². The Kier molecular flexibility index (Phi) is 4.88. The lowest BCUT2D eigenvalue weighted by Gasteiger charge is -2.05. The highest BCUT2D eigenvalue weighted by molar-refractivity contribution is 6.36. The topological polar surface area (TPSA) is 45.4 Å². The van der Waals surface area contributed by atoms with Gasteiger partial charge in [-0.05, 0) is 37.3 Å². The Labute approximate surface area is 122 Å². The van der Waals surface area contributed by atoms with E-state index in [0.717, 1.165) is 11.3 Å². The molecule has 0 saturated heterocycles. The van der Waals surface area contributed by atoms with Gasteiger partial charge in [-0.2, -0.15) is 0 Å². The van der Waals surface area contributed by atoms with Crippen LogP contribution in [0.2, 0.25) is 10.0 Å². The van der Waals surface area contributed by atoms with Gasteiger partial charge in [-0.15, -0.1) is 0 Å².